The molecule has 5 aliphatic rings. The van der Waals surface area contributed by atoms with E-state index in [1.54, 1.807) is 13.8 Å². The highest BCUT2D eigenvalue weighted by Crippen LogP contribution is 2.73. The van der Waals surface area contributed by atoms with Gasteiger partial charge in [-0.1, -0.05) is 18.6 Å². The average molecular weight is 428 g/mol. The zero-order chi connectivity index (χ0) is 22.0. The van der Waals surface area contributed by atoms with E-state index in [0.29, 0.717) is 0 Å². The Morgan fingerprint density at radius 3 is 2.47 bits per heavy atom. The summed E-state index contributed by atoms with van der Waals surface area (Å²) in [5, 5.41) is 76.7. The average Bonchev–Trinajstić information content (AvgIpc) is 2.91. The van der Waals surface area contributed by atoms with Crippen LogP contribution >= 0.6 is 0 Å². The molecule has 4 fully saturated rings. The van der Waals surface area contributed by atoms with E-state index in [9.17, 15) is 40.5 Å². The molecular formula is C20H28O10. The molecule has 30 heavy (non-hydrogen) atoms. The van der Waals surface area contributed by atoms with Gasteiger partial charge in [0.25, 0.3) is 0 Å². The first-order valence-electron chi connectivity index (χ1n) is 10.2. The molecule has 5 rings (SSSR count). The van der Waals surface area contributed by atoms with Crippen molar-refractivity contribution in [3.05, 3.63) is 11.6 Å². The number of ether oxygens (including phenoxy) is 2. The van der Waals surface area contributed by atoms with Crippen molar-refractivity contribution in [1.29, 1.82) is 0 Å². The highest BCUT2D eigenvalue weighted by atomic mass is 16.6. The number of carbonyl (C=O) groups excluding carboxylic acids is 1. The summed E-state index contributed by atoms with van der Waals surface area (Å²) in [7, 11) is 0. The Bertz CT molecular complexity index is 830. The molecule has 2 bridgehead atoms. The van der Waals surface area contributed by atoms with Crippen molar-refractivity contribution in [3.63, 3.8) is 0 Å². The van der Waals surface area contributed by atoms with Gasteiger partial charge < -0.3 is 45.2 Å². The molecule has 0 aromatic rings. The molecule has 1 spiro atoms. The van der Waals surface area contributed by atoms with E-state index in [0.717, 1.165) is 5.57 Å². The molecule has 168 valence electrons. The second-order valence-electron chi connectivity index (χ2n) is 9.88. The maximum atomic E-state index is 12.5. The van der Waals surface area contributed by atoms with Gasteiger partial charge in [0.2, 0.25) is 0 Å². The Morgan fingerprint density at radius 1 is 1.17 bits per heavy atom. The number of fused-ring (bicyclic) bond motifs is 2. The van der Waals surface area contributed by atoms with Gasteiger partial charge in [0.15, 0.2) is 11.7 Å². The smallest absolute Gasteiger partial charge is 0.338 e. The van der Waals surface area contributed by atoms with Crippen molar-refractivity contribution in [1.82, 2.24) is 0 Å². The first-order valence-corrected chi connectivity index (χ1v) is 10.2. The number of carbonyl (C=O) groups is 1. The molecular weight excluding hydrogens is 400 g/mol. The highest BCUT2D eigenvalue weighted by molar-refractivity contribution is 5.79. The molecule has 10 nitrogen and oxygen atoms in total. The molecule has 12 unspecified atom stereocenters. The summed E-state index contributed by atoms with van der Waals surface area (Å²) in [4.78, 5) is 12.5. The molecule has 2 heterocycles. The standard InChI is InChI=1S/C20H28O10/c1-7-3-9(22)13(24)17(2)8(7)4-10-18-6-29-19(5-21,14(25)11(23)12(17)18)20(18,28)15(26)16(27)30-10/h3,8-15,21-26,28H,4-6H2,1-2H3. The fourth-order valence-electron chi connectivity index (χ4n) is 7.80. The lowest BCUT2D eigenvalue weighted by atomic mass is 9.36. The van der Waals surface area contributed by atoms with E-state index in [2.05, 4.69) is 0 Å². The minimum atomic E-state index is -2.48. The fourth-order valence-corrected chi connectivity index (χ4v) is 7.80. The third-order valence-electron chi connectivity index (χ3n) is 9.12. The zero-order valence-electron chi connectivity index (χ0n) is 16.7. The molecule has 0 radical (unpaired) electrons. The number of hydrogen-bond acceptors (Lipinski definition) is 10. The molecule has 7 N–H and O–H groups in total. The van der Waals surface area contributed by atoms with Crippen LogP contribution in [-0.2, 0) is 14.3 Å². The normalized spacial score (nSPS) is 61.6. The lowest BCUT2D eigenvalue weighted by Gasteiger charge is -2.71. The van der Waals surface area contributed by atoms with Crippen molar-refractivity contribution in [2.75, 3.05) is 13.2 Å². The summed E-state index contributed by atoms with van der Waals surface area (Å²) in [6.07, 6.45) is -7.59. The SMILES string of the molecule is CC1=CC(O)C(O)C2(C)C1CC1OC(=O)C(O)C3(O)C4(CO)OCC13C2C(O)C4O. The summed E-state index contributed by atoms with van der Waals surface area (Å²) >= 11 is 0. The predicted molar refractivity (Wildman–Crippen MR) is 96.5 cm³/mol. The van der Waals surface area contributed by atoms with E-state index < -0.39 is 83.1 Å². The second kappa shape index (κ2) is 5.81. The number of aliphatic hydroxyl groups excluding tert-OH is 6. The van der Waals surface area contributed by atoms with Crippen LogP contribution in [0.25, 0.3) is 0 Å². The molecule has 2 saturated heterocycles. The van der Waals surface area contributed by atoms with E-state index in [4.69, 9.17) is 9.47 Å². The van der Waals surface area contributed by atoms with Crippen molar-refractivity contribution in [2.24, 2.45) is 22.7 Å². The van der Waals surface area contributed by atoms with Crippen LogP contribution in [0.4, 0.5) is 0 Å². The number of aliphatic hydroxyl groups is 7. The topological polar surface area (TPSA) is 177 Å². The lowest BCUT2D eigenvalue weighted by molar-refractivity contribution is -0.361. The molecule has 0 aromatic carbocycles. The Kier molecular flexibility index (Phi) is 4.03. The summed E-state index contributed by atoms with van der Waals surface area (Å²) in [5.41, 5.74) is -6.86. The number of esters is 1. The Morgan fingerprint density at radius 2 is 1.83 bits per heavy atom. The third kappa shape index (κ3) is 1.77. The zero-order valence-corrected chi connectivity index (χ0v) is 16.7. The van der Waals surface area contributed by atoms with Gasteiger partial charge in [-0.15, -0.1) is 0 Å². The Labute approximate surface area is 172 Å². The Balaban J connectivity index is 1.82. The van der Waals surface area contributed by atoms with Gasteiger partial charge in [-0.2, -0.15) is 0 Å². The molecule has 2 saturated carbocycles. The quantitative estimate of drug-likeness (QED) is 0.166. The minimum absolute atomic E-state index is 0.146. The van der Waals surface area contributed by atoms with Crippen LogP contribution in [0.2, 0.25) is 0 Å². The van der Waals surface area contributed by atoms with Crippen LogP contribution in [0.5, 0.6) is 0 Å². The highest BCUT2D eigenvalue weighted by Gasteiger charge is 2.89. The first kappa shape index (κ1) is 20.8. The molecule has 0 amide bonds. The van der Waals surface area contributed by atoms with Gasteiger partial charge in [0.1, 0.15) is 17.8 Å². The largest absolute Gasteiger partial charge is 0.460 e. The van der Waals surface area contributed by atoms with Crippen molar-refractivity contribution in [2.45, 2.75) is 68.1 Å². The summed E-state index contributed by atoms with van der Waals surface area (Å²) in [6.45, 7) is 2.13. The van der Waals surface area contributed by atoms with Crippen LogP contribution in [0.1, 0.15) is 20.3 Å². The molecule has 2 aliphatic heterocycles. The van der Waals surface area contributed by atoms with E-state index in [1.807, 2.05) is 0 Å². The van der Waals surface area contributed by atoms with Crippen LogP contribution in [0, 0.1) is 22.7 Å². The fraction of sp³-hybridized carbons (Fsp3) is 0.850. The molecule has 3 aliphatic carbocycles. The molecule has 10 heteroatoms. The molecule has 12 atom stereocenters. The van der Waals surface area contributed by atoms with Crippen LogP contribution in [0.3, 0.4) is 0 Å². The van der Waals surface area contributed by atoms with Gasteiger partial charge >= 0.3 is 5.97 Å². The summed E-state index contributed by atoms with van der Waals surface area (Å²) < 4.78 is 11.3. The number of allylic oxidation sites excluding steroid dienone is 1. The third-order valence-corrected chi connectivity index (χ3v) is 9.12. The maximum Gasteiger partial charge on any atom is 0.338 e. The van der Waals surface area contributed by atoms with E-state index >= 15 is 0 Å². The van der Waals surface area contributed by atoms with Crippen LogP contribution < -0.4 is 0 Å². The van der Waals surface area contributed by atoms with E-state index in [-0.39, 0.29) is 13.0 Å². The lowest BCUT2D eigenvalue weighted by Crippen LogP contribution is -2.87. The Hall–Kier alpha value is -1.11. The first-order chi connectivity index (χ1) is 13.9. The van der Waals surface area contributed by atoms with Gasteiger partial charge in [0, 0.05) is 11.3 Å². The van der Waals surface area contributed by atoms with Gasteiger partial charge in [-0.05, 0) is 19.3 Å². The molecule has 0 aromatic heterocycles. The van der Waals surface area contributed by atoms with Gasteiger partial charge in [-0.25, -0.2) is 4.79 Å². The van der Waals surface area contributed by atoms with Gasteiger partial charge in [0.05, 0.1) is 36.9 Å². The van der Waals surface area contributed by atoms with Crippen LogP contribution in [0.15, 0.2) is 11.6 Å². The summed E-state index contributed by atoms with van der Waals surface area (Å²) in [5.74, 6) is -2.69. The number of hydrogen-bond donors (Lipinski definition) is 7. The monoisotopic (exact) mass is 428 g/mol. The van der Waals surface area contributed by atoms with Crippen molar-refractivity contribution < 1.29 is 50.0 Å². The maximum absolute atomic E-state index is 12.5. The summed E-state index contributed by atoms with van der Waals surface area (Å²) in [6, 6.07) is 0. The van der Waals surface area contributed by atoms with Crippen molar-refractivity contribution in [3.8, 4) is 0 Å². The minimum Gasteiger partial charge on any atom is -0.460 e. The van der Waals surface area contributed by atoms with Crippen molar-refractivity contribution >= 4 is 5.97 Å². The predicted octanol–water partition coefficient (Wildman–Crippen LogP) is -3.19. The second-order valence-corrected chi connectivity index (χ2v) is 9.88. The number of rotatable bonds is 1. The van der Waals surface area contributed by atoms with Crippen LogP contribution in [-0.4, -0.2) is 103 Å². The van der Waals surface area contributed by atoms with Gasteiger partial charge in [-0.3, -0.25) is 0 Å². The van der Waals surface area contributed by atoms with E-state index in [1.165, 1.54) is 6.08 Å².